The largest absolute Gasteiger partial charge is 0.298 e. The molecule has 0 saturated heterocycles. The fraction of sp³-hybridized carbons (Fsp3) is 0.500. The lowest BCUT2D eigenvalue weighted by Gasteiger charge is -2.24. The van der Waals surface area contributed by atoms with Gasteiger partial charge in [-0.1, -0.05) is 30.3 Å². The Morgan fingerprint density at radius 2 is 1.95 bits per heavy atom. The Hall–Kier alpha value is -1.52. The summed E-state index contributed by atoms with van der Waals surface area (Å²) < 4.78 is 0. The smallest absolute Gasteiger partial charge is 0.198 e. The average molecular weight is 276 g/mol. The quantitative estimate of drug-likeness (QED) is 0.741. The van der Waals surface area contributed by atoms with E-state index in [-0.39, 0.29) is 24.2 Å². The number of hydrogen-bond donors (Lipinski definition) is 1. The molecule has 4 heteroatoms. The number of hydrogen-bond acceptors (Lipinski definition) is 4. The summed E-state index contributed by atoms with van der Waals surface area (Å²) in [7, 11) is 0. The van der Waals surface area contributed by atoms with Crippen LogP contribution < -0.4 is 5.48 Å². The summed E-state index contributed by atoms with van der Waals surface area (Å²) in [5.74, 6) is -0.0403. The van der Waals surface area contributed by atoms with Crippen molar-refractivity contribution in [3.05, 3.63) is 35.9 Å². The lowest BCUT2D eigenvalue weighted by atomic mass is 10.0. The number of rotatable bonds is 8. The first-order chi connectivity index (χ1) is 9.42. The zero-order valence-electron chi connectivity index (χ0n) is 12.3. The van der Waals surface area contributed by atoms with Crippen LogP contribution >= 0.6 is 0 Å². The van der Waals surface area contributed by atoms with Gasteiger partial charge in [-0.15, -0.1) is 0 Å². The van der Waals surface area contributed by atoms with Crippen molar-refractivity contribution in [2.45, 2.75) is 51.7 Å². The molecule has 1 rings (SSSR count). The zero-order valence-corrected chi connectivity index (χ0v) is 12.3. The van der Waals surface area contributed by atoms with Crippen LogP contribution in [0.1, 0.15) is 39.2 Å². The summed E-state index contributed by atoms with van der Waals surface area (Å²) in [4.78, 5) is 27.9. The molecule has 1 aromatic carbocycles. The van der Waals surface area contributed by atoms with Crippen LogP contribution in [0.25, 0.3) is 0 Å². The van der Waals surface area contributed by atoms with Gasteiger partial charge in [0.05, 0.1) is 11.6 Å². The number of hydroxylamine groups is 1. The molecule has 0 aliphatic heterocycles. The molecule has 1 N–H and O–H groups in total. The first-order valence-electron chi connectivity index (χ1n) is 6.77. The van der Waals surface area contributed by atoms with Crippen LogP contribution in [0.15, 0.2) is 30.3 Å². The first kappa shape index (κ1) is 16.5. The highest BCUT2D eigenvalue weighted by molar-refractivity contribution is 5.85. The third-order valence-corrected chi connectivity index (χ3v) is 2.65. The minimum atomic E-state index is -0.454. The second-order valence-corrected chi connectivity index (χ2v) is 5.69. The van der Waals surface area contributed by atoms with Gasteiger partial charge in [-0.05, 0) is 32.8 Å². The van der Waals surface area contributed by atoms with E-state index in [2.05, 4.69) is 5.48 Å². The van der Waals surface area contributed by atoms with E-state index >= 15 is 0 Å². The number of carbonyl (C=O) groups excluding carboxylic acids is 2. The van der Waals surface area contributed by atoms with Crippen LogP contribution in [0.5, 0.6) is 0 Å². The monoisotopic (exact) mass is 276 g/mol. The fourth-order valence-corrected chi connectivity index (χ4v) is 1.67. The third-order valence-electron chi connectivity index (χ3n) is 2.65. The maximum atomic E-state index is 12.1. The van der Waals surface area contributed by atoms with Gasteiger partial charge in [0, 0.05) is 12.8 Å². The van der Waals surface area contributed by atoms with E-state index < -0.39 is 6.04 Å². The summed E-state index contributed by atoms with van der Waals surface area (Å²) in [6.45, 7) is 5.72. The van der Waals surface area contributed by atoms with Gasteiger partial charge in [-0.25, -0.2) is 0 Å². The van der Waals surface area contributed by atoms with E-state index in [9.17, 15) is 9.59 Å². The Bertz CT molecular complexity index is 423. The molecule has 20 heavy (non-hydrogen) atoms. The number of Topliss-reactive ketones (excluding diaryl/α,β-unsaturated/α-hetero) is 1. The predicted octanol–water partition coefficient (Wildman–Crippen LogP) is 2.38. The van der Waals surface area contributed by atoms with Crippen molar-refractivity contribution in [3.8, 4) is 0 Å². The van der Waals surface area contributed by atoms with E-state index in [1.165, 1.54) is 0 Å². The number of carbonyl (C=O) groups is 1. The van der Waals surface area contributed by atoms with Gasteiger partial charge in [0.25, 0.3) is 0 Å². The molecule has 0 fully saturated rings. The van der Waals surface area contributed by atoms with Crippen LogP contribution in [0.2, 0.25) is 0 Å². The third kappa shape index (κ3) is 6.59. The number of nitrogens with one attached hydrogen (secondary N) is 1. The summed E-state index contributed by atoms with van der Waals surface area (Å²) in [5.41, 5.74) is 3.50. The lowest BCUT2D eigenvalue weighted by molar-refractivity contribution is -0.132. The summed E-state index contributed by atoms with van der Waals surface area (Å²) in [6, 6.07) is 9.27. The van der Waals surface area contributed by atoms with Gasteiger partial charge in [0.2, 0.25) is 0 Å². The van der Waals surface area contributed by atoms with Gasteiger partial charge >= 0.3 is 0 Å². The molecule has 0 aromatic heterocycles. The molecule has 1 unspecified atom stereocenters. The molecule has 0 bridgehead atoms. The molecule has 1 aromatic rings. The molecule has 0 saturated carbocycles. The molecular weight excluding hydrogens is 254 g/mol. The van der Waals surface area contributed by atoms with Gasteiger partial charge in [-0.3, -0.25) is 14.4 Å². The minimum Gasteiger partial charge on any atom is -0.298 e. The number of benzene rings is 1. The van der Waals surface area contributed by atoms with Crippen molar-refractivity contribution in [2.24, 2.45) is 0 Å². The summed E-state index contributed by atoms with van der Waals surface area (Å²) in [5, 5.41) is 0. The second-order valence-electron chi connectivity index (χ2n) is 5.69. The maximum absolute atomic E-state index is 12.1. The molecule has 0 aliphatic carbocycles. The van der Waals surface area contributed by atoms with Crippen LogP contribution in [0, 0.1) is 0 Å². The van der Waals surface area contributed by atoms with E-state index in [1.807, 2.05) is 51.1 Å². The number of ketones is 1. The van der Waals surface area contributed by atoms with Crippen molar-refractivity contribution in [1.29, 1.82) is 0 Å². The minimum absolute atomic E-state index is 0.0403. The van der Waals surface area contributed by atoms with Crippen molar-refractivity contribution < 1.29 is 14.4 Å². The Kier molecular flexibility index (Phi) is 6.55. The van der Waals surface area contributed by atoms with E-state index in [0.717, 1.165) is 5.56 Å². The van der Waals surface area contributed by atoms with Crippen molar-refractivity contribution in [1.82, 2.24) is 5.48 Å². The molecule has 1 atom stereocenters. The van der Waals surface area contributed by atoms with Gasteiger partial charge in [-0.2, -0.15) is 5.48 Å². The molecule has 0 amide bonds. The normalized spacial score (nSPS) is 12.9. The Labute approximate surface area is 120 Å². The maximum Gasteiger partial charge on any atom is 0.198 e. The molecule has 4 nitrogen and oxygen atoms in total. The zero-order chi connectivity index (χ0) is 15.0. The highest BCUT2D eigenvalue weighted by Gasteiger charge is 2.21. The van der Waals surface area contributed by atoms with Gasteiger partial charge < -0.3 is 0 Å². The van der Waals surface area contributed by atoms with Gasteiger partial charge in [0.1, 0.15) is 0 Å². The molecule has 0 spiro atoms. The summed E-state index contributed by atoms with van der Waals surface area (Å²) in [6.07, 6.45) is 2.59. The van der Waals surface area contributed by atoms with Crippen molar-refractivity contribution in [2.75, 3.05) is 0 Å². The predicted molar refractivity (Wildman–Crippen MR) is 77.8 cm³/mol. The highest BCUT2D eigenvalue weighted by Crippen LogP contribution is 2.10. The van der Waals surface area contributed by atoms with E-state index in [4.69, 9.17) is 4.84 Å². The Morgan fingerprint density at radius 3 is 2.50 bits per heavy atom. The van der Waals surface area contributed by atoms with Crippen LogP contribution in [-0.2, 0) is 20.8 Å². The average Bonchev–Trinajstić information content (AvgIpc) is 2.41. The Balaban J connectivity index is 2.68. The van der Waals surface area contributed by atoms with Crippen LogP contribution in [-0.4, -0.2) is 23.7 Å². The Morgan fingerprint density at radius 1 is 1.30 bits per heavy atom. The van der Waals surface area contributed by atoms with E-state index in [0.29, 0.717) is 6.42 Å². The van der Waals surface area contributed by atoms with Crippen LogP contribution in [0.4, 0.5) is 0 Å². The van der Waals surface area contributed by atoms with Crippen molar-refractivity contribution >= 4 is 12.1 Å². The standard InChI is InChI=1S/C16H22NO3/c1-16(2,3)20-17-14(15(19)10-7-11-18)12-13-8-5-4-6-9-13/h4-6,8-9,14,17H,7,10,12H2,1-3H3. The second kappa shape index (κ2) is 7.92. The van der Waals surface area contributed by atoms with E-state index in [1.54, 1.807) is 6.29 Å². The van der Waals surface area contributed by atoms with Gasteiger partial charge in [0.15, 0.2) is 12.1 Å². The molecule has 109 valence electrons. The first-order valence-corrected chi connectivity index (χ1v) is 6.77. The molecular formula is C16H22NO3. The van der Waals surface area contributed by atoms with Crippen molar-refractivity contribution in [3.63, 3.8) is 0 Å². The fourth-order valence-electron chi connectivity index (χ4n) is 1.67. The molecule has 0 heterocycles. The molecule has 0 aliphatic rings. The van der Waals surface area contributed by atoms with Crippen LogP contribution in [0.3, 0.4) is 0 Å². The SMILES string of the molecule is CC(C)(C)ONC(Cc1ccccc1)C(=O)CC[C]=O. The molecule has 1 radical (unpaired) electrons. The topological polar surface area (TPSA) is 55.4 Å². The highest BCUT2D eigenvalue weighted by atomic mass is 16.7. The lowest BCUT2D eigenvalue weighted by Crippen LogP contribution is -2.42. The summed E-state index contributed by atoms with van der Waals surface area (Å²) >= 11 is 0.